The van der Waals surface area contributed by atoms with Crippen molar-refractivity contribution in [2.75, 3.05) is 7.05 Å². The van der Waals surface area contributed by atoms with Crippen molar-refractivity contribution in [3.63, 3.8) is 0 Å². The SMILES string of the molecule is CN.[Br-].[I-].[I-].[Pb]. The summed E-state index contributed by atoms with van der Waals surface area (Å²) in [7, 11) is 1.50. The third-order valence-electron chi connectivity index (χ3n) is 0. The van der Waals surface area contributed by atoms with Crippen molar-refractivity contribution in [1.82, 2.24) is 0 Å². The van der Waals surface area contributed by atoms with E-state index in [1.54, 1.807) is 0 Å². The van der Waals surface area contributed by atoms with Crippen molar-refractivity contribution in [2.45, 2.75) is 0 Å². The Labute approximate surface area is 103 Å². The van der Waals surface area contributed by atoms with Crippen LogP contribution in [0, 0.1) is 0 Å². The molecule has 4 radical (unpaired) electrons. The molecule has 0 aliphatic heterocycles. The van der Waals surface area contributed by atoms with E-state index in [0.717, 1.165) is 0 Å². The van der Waals surface area contributed by atoms with Crippen LogP contribution in [-0.4, -0.2) is 34.3 Å². The van der Waals surface area contributed by atoms with E-state index in [1.807, 2.05) is 0 Å². The molecule has 0 unspecified atom stereocenters. The number of hydrogen-bond acceptors (Lipinski definition) is 1. The minimum atomic E-state index is 0. The molecule has 42 valence electrons. The Morgan fingerprint density at radius 2 is 1.00 bits per heavy atom. The molecule has 0 aliphatic rings. The molecule has 0 saturated heterocycles. The van der Waals surface area contributed by atoms with Gasteiger partial charge < -0.3 is 70.7 Å². The van der Waals surface area contributed by atoms with E-state index in [4.69, 9.17) is 0 Å². The van der Waals surface area contributed by atoms with Gasteiger partial charge in [-0.25, -0.2) is 0 Å². The summed E-state index contributed by atoms with van der Waals surface area (Å²) in [4.78, 5) is 0. The number of nitrogens with two attached hydrogens (primary N) is 1. The summed E-state index contributed by atoms with van der Waals surface area (Å²) in [6.07, 6.45) is 0. The van der Waals surface area contributed by atoms with Gasteiger partial charge >= 0.3 is 0 Å². The van der Waals surface area contributed by atoms with Crippen molar-refractivity contribution < 1.29 is 64.9 Å². The minimum Gasteiger partial charge on any atom is -1.00 e. The average molecular weight is 572 g/mol. The Kier molecular flexibility index (Phi) is 282. The largest absolute Gasteiger partial charge is 1.00 e. The van der Waals surface area contributed by atoms with Gasteiger partial charge in [0.05, 0.1) is 0 Å². The van der Waals surface area contributed by atoms with Crippen LogP contribution in [0.25, 0.3) is 0 Å². The Morgan fingerprint density at radius 3 is 1.00 bits per heavy atom. The summed E-state index contributed by atoms with van der Waals surface area (Å²) in [5.74, 6) is 0. The summed E-state index contributed by atoms with van der Waals surface area (Å²) in [6.45, 7) is 0. The zero-order valence-electron chi connectivity index (χ0n) is 3.21. The van der Waals surface area contributed by atoms with Crippen LogP contribution in [0.15, 0.2) is 0 Å². The first kappa shape index (κ1) is 37.0. The van der Waals surface area contributed by atoms with Crippen molar-refractivity contribution >= 4 is 27.3 Å². The monoisotopic (exact) mass is 572 g/mol. The van der Waals surface area contributed by atoms with E-state index in [2.05, 4.69) is 5.73 Å². The Hall–Kier alpha value is 2.82. The summed E-state index contributed by atoms with van der Waals surface area (Å²) < 4.78 is 0. The minimum absolute atomic E-state index is 0. The van der Waals surface area contributed by atoms with Crippen LogP contribution in [0.5, 0.6) is 0 Å². The molecule has 0 heterocycles. The molecule has 0 fully saturated rings. The summed E-state index contributed by atoms with van der Waals surface area (Å²) in [5.41, 5.74) is 4.50. The molecular weight excluding hydrogens is 567 g/mol. The number of rotatable bonds is 0. The van der Waals surface area contributed by atoms with Crippen molar-refractivity contribution in [3.05, 3.63) is 0 Å². The van der Waals surface area contributed by atoms with E-state index in [1.165, 1.54) is 7.05 Å². The molecular formula is CH5BrI2NPb-3. The van der Waals surface area contributed by atoms with Crippen LogP contribution in [0.3, 0.4) is 0 Å². The fraction of sp³-hybridized carbons (Fsp3) is 1.00. The third kappa shape index (κ3) is 29.0. The zero-order chi connectivity index (χ0) is 2.00. The first-order valence-electron chi connectivity index (χ1n) is 0.577. The van der Waals surface area contributed by atoms with Crippen molar-refractivity contribution in [2.24, 2.45) is 5.73 Å². The normalized spacial score (nSPS) is 1.00. The second-order valence-corrected chi connectivity index (χ2v) is 0. The molecule has 0 aliphatic carbocycles. The predicted molar refractivity (Wildman–Crippen MR) is 15.9 cm³/mol. The van der Waals surface area contributed by atoms with E-state index in [0.29, 0.717) is 0 Å². The van der Waals surface area contributed by atoms with Crippen LogP contribution in [0.4, 0.5) is 0 Å². The molecule has 0 saturated carbocycles. The second-order valence-electron chi connectivity index (χ2n) is 0. The molecule has 2 N–H and O–H groups in total. The summed E-state index contributed by atoms with van der Waals surface area (Å²) >= 11 is 0. The van der Waals surface area contributed by atoms with E-state index >= 15 is 0 Å². The molecule has 0 spiro atoms. The van der Waals surface area contributed by atoms with Crippen LogP contribution >= 0.6 is 0 Å². The molecule has 0 aromatic rings. The smallest absolute Gasteiger partial charge is 0 e. The zero-order valence-corrected chi connectivity index (χ0v) is 13.0. The van der Waals surface area contributed by atoms with Crippen molar-refractivity contribution in [3.8, 4) is 0 Å². The standard InChI is InChI=1S/CH5N.BrH.2HI.Pb/c1-2;;;;/h2H2,1H3;3*1H;/p-3. The van der Waals surface area contributed by atoms with E-state index < -0.39 is 0 Å². The van der Waals surface area contributed by atoms with E-state index in [-0.39, 0.29) is 92.2 Å². The topological polar surface area (TPSA) is 26.0 Å². The van der Waals surface area contributed by atoms with Gasteiger partial charge in [0.1, 0.15) is 0 Å². The van der Waals surface area contributed by atoms with Gasteiger partial charge in [-0.1, -0.05) is 0 Å². The van der Waals surface area contributed by atoms with Gasteiger partial charge in [-0.05, 0) is 7.05 Å². The fourth-order valence-electron chi connectivity index (χ4n) is 0. The van der Waals surface area contributed by atoms with Gasteiger partial charge in [0.2, 0.25) is 0 Å². The van der Waals surface area contributed by atoms with Crippen molar-refractivity contribution in [1.29, 1.82) is 0 Å². The Morgan fingerprint density at radius 1 is 1.00 bits per heavy atom. The Balaban J connectivity index is -0.000000000833. The Bertz CT molecular complexity index is 13.5. The number of halogens is 3. The molecule has 1 nitrogen and oxygen atoms in total. The first-order valence-corrected chi connectivity index (χ1v) is 0.577. The summed E-state index contributed by atoms with van der Waals surface area (Å²) in [5, 5.41) is 0. The molecule has 0 amide bonds. The van der Waals surface area contributed by atoms with Gasteiger partial charge in [0.25, 0.3) is 0 Å². The van der Waals surface area contributed by atoms with E-state index in [9.17, 15) is 0 Å². The molecule has 0 aromatic carbocycles. The molecule has 5 heteroatoms. The van der Waals surface area contributed by atoms with Gasteiger partial charge in [-0.15, -0.1) is 0 Å². The molecule has 0 rings (SSSR count). The first-order chi connectivity index (χ1) is 1.00. The molecule has 0 aromatic heterocycles. The van der Waals surface area contributed by atoms with Gasteiger partial charge in [-0.3, -0.25) is 0 Å². The predicted octanol–water partition coefficient (Wildman–Crippen LogP) is -9.79. The molecule has 6 heavy (non-hydrogen) atoms. The maximum absolute atomic E-state index is 4.50. The third-order valence-corrected chi connectivity index (χ3v) is 0. The van der Waals surface area contributed by atoms with Gasteiger partial charge in [-0.2, -0.15) is 0 Å². The van der Waals surface area contributed by atoms with Crippen LogP contribution in [0.2, 0.25) is 0 Å². The second kappa shape index (κ2) is 45.7. The van der Waals surface area contributed by atoms with Crippen LogP contribution in [-0.2, 0) is 0 Å². The maximum Gasteiger partial charge on any atom is 0 e. The van der Waals surface area contributed by atoms with Crippen LogP contribution in [0.1, 0.15) is 0 Å². The fourth-order valence-corrected chi connectivity index (χ4v) is 0. The quantitative estimate of drug-likeness (QED) is 0.227. The average Bonchev–Trinajstić information content (AvgIpc) is 1.00. The molecule has 0 atom stereocenters. The van der Waals surface area contributed by atoms with Crippen LogP contribution < -0.4 is 70.7 Å². The number of hydrogen-bond donors (Lipinski definition) is 1. The maximum atomic E-state index is 4.50. The molecule has 0 bridgehead atoms. The van der Waals surface area contributed by atoms with Gasteiger partial charge in [0.15, 0.2) is 0 Å². The van der Waals surface area contributed by atoms with Gasteiger partial charge in [0, 0.05) is 27.3 Å². The summed E-state index contributed by atoms with van der Waals surface area (Å²) in [6, 6.07) is 0.